The largest absolute Gasteiger partial charge is 0.370 e. The molecule has 6 N–H and O–H groups in total. The SMILES string of the molecule is Cc1c(C#N)ccc(N=C(N)N=C(N)N)c1F. The molecule has 0 aliphatic heterocycles. The molecule has 1 aromatic carbocycles. The quantitative estimate of drug-likeness (QED) is 0.474. The molecule has 0 saturated heterocycles. The fraction of sp³-hybridized carbons (Fsp3) is 0.100. The molecule has 1 rings (SSSR count). The van der Waals surface area contributed by atoms with Gasteiger partial charge >= 0.3 is 0 Å². The van der Waals surface area contributed by atoms with Crippen LogP contribution in [0.2, 0.25) is 0 Å². The first-order valence-electron chi connectivity index (χ1n) is 4.58. The van der Waals surface area contributed by atoms with Crippen molar-refractivity contribution in [2.45, 2.75) is 6.92 Å². The van der Waals surface area contributed by atoms with Crippen molar-refractivity contribution in [2.75, 3.05) is 0 Å². The van der Waals surface area contributed by atoms with E-state index in [0.29, 0.717) is 0 Å². The fourth-order valence-electron chi connectivity index (χ4n) is 1.16. The van der Waals surface area contributed by atoms with Crippen molar-refractivity contribution in [3.8, 4) is 6.07 Å². The standard InChI is InChI=1S/C10H11FN6/c1-5-6(4-12)2-3-7(8(5)11)16-10(15)17-9(13)14/h2-3H,1H3,(H6,13,14,15,16,17). The van der Waals surface area contributed by atoms with E-state index < -0.39 is 5.82 Å². The van der Waals surface area contributed by atoms with Crippen molar-refractivity contribution in [1.29, 1.82) is 5.26 Å². The lowest BCUT2D eigenvalue weighted by Crippen LogP contribution is -2.26. The molecule has 0 aromatic heterocycles. The Bertz CT molecular complexity index is 536. The van der Waals surface area contributed by atoms with Crippen molar-refractivity contribution >= 4 is 17.6 Å². The van der Waals surface area contributed by atoms with Crippen LogP contribution >= 0.6 is 0 Å². The number of nitrogens with zero attached hydrogens (tertiary/aromatic N) is 3. The van der Waals surface area contributed by atoms with E-state index >= 15 is 0 Å². The Balaban J connectivity index is 3.23. The molecular weight excluding hydrogens is 223 g/mol. The number of benzene rings is 1. The summed E-state index contributed by atoms with van der Waals surface area (Å²) in [7, 11) is 0. The first kappa shape index (κ1) is 12.4. The number of hydrogen-bond donors (Lipinski definition) is 3. The van der Waals surface area contributed by atoms with Crippen LogP contribution in [-0.2, 0) is 0 Å². The molecule has 6 nitrogen and oxygen atoms in total. The van der Waals surface area contributed by atoms with Crippen molar-refractivity contribution in [1.82, 2.24) is 0 Å². The third kappa shape index (κ3) is 2.92. The minimum atomic E-state index is -0.627. The van der Waals surface area contributed by atoms with Crippen LogP contribution in [0.3, 0.4) is 0 Å². The van der Waals surface area contributed by atoms with E-state index in [0.717, 1.165) is 0 Å². The van der Waals surface area contributed by atoms with E-state index in [9.17, 15) is 4.39 Å². The van der Waals surface area contributed by atoms with Crippen LogP contribution in [-0.4, -0.2) is 11.9 Å². The molecule has 0 fully saturated rings. The maximum atomic E-state index is 13.7. The molecule has 0 radical (unpaired) electrons. The van der Waals surface area contributed by atoms with E-state index in [2.05, 4.69) is 9.98 Å². The molecule has 0 spiro atoms. The summed E-state index contributed by atoms with van der Waals surface area (Å²) in [6.07, 6.45) is 0. The van der Waals surface area contributed by atoms with Crippen LogP contribution in [0.4, 0.5) is 10.1 Å². The zero-order valence-corrected chi connectivity index (χ0v) is 9.11. The predicted octanol–water partition coefficient (Wildman–Crippen LogP) is 0.225. The second-order valence-electron chi connectivity index (χ2n) is 3.19. The van der Waals surface area contributed by atoms with Crippen LogP contribution in [0.1, 0.15) is 11.1 Å². The van der Waals surface area contributed by atoms with Crippen LogP contribution < -0.4 is 17.2 Å². The van der Waals surface area contributed by atoms with Crippen LogP contribution in [0.25, 0.3) is 0 Å². The fourth-order valence-corrected chi connectivity index (χ4v) is 1.16. The average Bonchev–Trinajstić information content (AvgIpc) is 2.24. The van der Waals surface area contributed by atoms with E-state index in [4.69, 9.17) is 22.5 Å². The highest BCUT2D eigenvalue weighted by Gasteiger charge is 2.09. The van der Waals surface area contributed by atoms with Gasteiger partial charge in [-0.15, -0.1) is 0 Å². The highest BCUT2D eigenvalue weighted by atomic mass is 19.1. The second-order valence-corrected chi connectivity index (χ2v) is 3.19. The second kappa shape index (κ2) is 4.94. The summed E-state index contributed by atoms with van der Waals surface area (Å²) >= 11 is 0. The molecule has 17 heavy (non-hydrogen) atoms. The monoisotopic (exact) mass is 234 g/mol. The van der Waals surface area contributed by atoms with Gasteiger partial charge in [0.15, 0.2) is 11.8 Å². The lowest BCUT2D eigenvalue weighted by molar-refractivity contribution is 0.620. The van der Waals surface area contributed by atoms with Gasteiger partial charge in [-0.1, -0.05) is 0 Å². The maximum Gasteiger partial charge on any atom is 0.223 e. The summed E-state index contributed by atoms with van der Waals surface area (Å²) in [6, 6.07) is 4.64. The Morgan fingerprint density at radius 1 is 1.35 bits per heavy atom. The van der Waals surface area contributed by atoms with Crippen molar-refractivity contribution in [3.05, 3.63) is 29.1 Å². The smallest absolute Gasteiger partial charge is 0.223 e. The van der Waals surface area contributed by atoms with Crippen LogP contribution in [0.5, 0.6) is 0 Å². The molecule has 0 aliphatic carbocycles. The number of nitriles is 1. The van der Waals surface area contributed by atoms with Crippen molar-refractivity contribution in [3.63, 3.8) is 0 Å². The highest BCUT2D eigenvalue weighted by molar-refractivity contribution is 5.93. The lowest BCUT2D eigenvalue weighted by Gasteiger charge is -2.02. The third-order valence-corrected chi connectivity index (χ3v) is 1.97. The summed E-state index contributed by atoms with van der Waals surface area (Å²) in [4.78, 5) is 7.15. The lowest BCUT2D eigenvalue weighted by atomic mass is 10.1. The van der Waals surface area contributed by atoms with Gasteiger partial charge in [0.1, 0.15) is 5.69 Å². The average molecular weight is 234 g/mol. The molecule has 1 aromatic rings. The first-order valence-corrected chi connectivity index (χ1v) is 4.58. The van der Waals surface area contributed by atoms with Gasteiger partial charge in [0.05, 0.1) is 11.6 Å². The minimum absolute atomic E-state index is 0.0241. The van der Waals surface area contributed by atoms with E-state index in [1.807, 2.05) is 6.07 Å². The molecule has 0 heterocycles. The van der Waals surface area contributed by atoms with Gasteiger partial charge in [0.25, 0.3) is 0 Å². The third-order valence-electron chi connectivity index (χ3n) is 1.97. The van der Waals surface area contributed by atoms with Gasteiger partial charge in [-0.05, 0) is 19.1 Å². The van der Waals surface area contributed by atoms with Gasteiger partial charge in [-0.2, -0.15) is 10.3 Å². The Labute approximate surface area is 97.3 Å². The Morgan fingerprint density at radius 2 is 2.00 bits per heavy atom. The molecule has 0 saturated carbocycles. The van der Waals surface area contributed by atoms with Gasteiger partial charge < -0.3 is 17.2 Å². The highest BCUT2D eigenvalue weighted by Crippen LogP contribution is 2.23. The molecule has 0 atom stereocenters. The molecule has 7 heteroatoms. The maximum absolute atomic E-state index is 13.7. The topological polar surface area (TPSA) is 127 Å². The minimum Gasteiger partial charge on any atom is -0.370 e. The normalized spacial score (nSPS) is 10.8. The van der Waals surface area contributed by atoms with E-state index in [-0.39, 0.29) is 28.7 Å². The number of guanidine groups is 2. The van der Waals surface area contributed by atoms with Crippen LogP contribution in [0.15, 0.2) is 22.1 Å². The molecule has 0 unspecified atom stereocenters. The van der Waals surface area contributed by atoms with E-state index in [1.165, 1.54) is 19.1 Å². The number of nitrogens with two attached hydrogens (primary N) is 3. The molecule has 88 valence electrons. The Kier molecular flexibility index (Phi) is 3.62. The molecular formula is C10H11FN6. The van der Waals surface area contributed by atoms with Gasteiger partial charge in [0, 0.05) is 5.56 Å². The molecule has 0 amide bonds. The van der Waals surface area contributed by atoms with Gasteiger partial charge in [0.2, 0.25) is 5.96 Å². The number of rotatable bonds is 1. The van der Waals surface area contributed by atoms with E-state index in [1.54, 1.807) is 0 Å². The summed E-state index contributed by atoms with van der Waals surface area (Å²) < 4.78 is 13.7. The summed E-state index contributed by atoms with van der Waals surface area (Å²) in [5.41, 5.74) is 16.0. The predicted molar refractivity (Wildman–Crippen MR) is 62.9 cm³/mol. The Hall–Kier alpha value is -2.62. The first-order chi connectivity index (χ1) is 7.95. The van der Waals surface area contributed by atoms with Crippen LogP contribution in [0, 0.1) is 24.1 Å². The zero-order chi connectivity index (χ0) is 13.0. The summed E-state index contributed by atoms with van der Waals surface area (Å²) in [6.45, 7) is 1.48. The Morgan fingerprint density at radius 3 is 2.53 bits per heavy atom. The summed E-state index contributed by atoms with van der Waals surface area (Å²) in [5, 5.41) is 8.70. The van der Waals surface area contributed by atoms with Crippen molar-refractivity contribution in [2.24, 2.45) is 27.2 Å². The molecule has 0 bridgehead atoms. The zero-order valence-electron chi connectivity index (χ0n) is 9.11. The number of halogens is 1. The van der Waals surface area contributed by atoms with Crippen molar-refractivity contribution < 1.29 is 4.39 Å². The van der Waals surface area contributed by atoms with Gasteiger partial charge in [-0.3, -0.25) is 0 Å². The number of aliphatic imine (C=N–C) groups is 2. The van der Waals surface area contributed by atoms with Gasteiger partial charge in [-0.25, -0.2) is 9.38 Å². The number of hydrogen-bond acceptors (Lipinski definition) is 2. The summed E-state index contributed by atoms with van der Waals surface area (Å²) in [5.74, 6) is -1.15. The molecule has 0 aliphatic rings.